The molecule has 0 aromatic heterocycles. The van der Waals surface area contributed by atoms with Crippen molar-refractivity contribution < 1.29 is 19.2 Å². The maximum absolute atomic E-state index is 9.54. The van der Waals surface area contributed by atoms with E-state index in [-0.39, 0.29) is 11.0 Å². The van der Waals surface area contributed by atoms with Gasteiger partial charge in [-0.1, -0.05) is 0 Å². The molecule has 0 aliphatic rings. The number of rotatable bonds is 0. The van der Waals surface area contributed by atoms with Crippen molar-refractivity contribution in [2.45, 2.75) is 0 Å². The normalized spacial score (nSPS) is 11.4. The molecule has 128 valence electrons. The van der Waals surface area contributed by atoms with Gasteiger partial charge >= 0.3 is 11.0 Å². The molecule has 0 aliphatic carbocycles. The summed E-state index contributed by atoms with van der Waals surface area (Å²) in [4.78, 5) is 38.2. The van der Waals surface area contributed by atoms with Crippen LogP contribution in [0.1, 0.15) is 0 Å². The number of hydrogen-bond donors (Lipinski definition) is 0. The second-order valence-corrected chi connectivity index (χ2v) is 31.5. The van der Waals surface area contributed by atoms with E-state index >= 15 is 0 Å². The predicted octanol–water partition coefficient (Wildman–Crippen LogP) is 1.61. The first-order chi connectivity index (χ1) is 8.00. The van der Waals surface area contributed by atoms with Crippen LogP contribution in [0.15, 0.2) is 0 Å². The number of hydrogen-bond acceptors (Lipinski definition) is 4. The summed E-state index contributed by atoms with van der Waals surface area (Å²) in [6.45, 7) is 0. The molecule has 0 amide bonds. The standard InChI is InChI=1S/4Cl3OSi.Si/c4*1-5(2,3)4;/q4*-1;+4. The van der Waals surface area contributed by atoms with E-state index in [4.69, 9.17) is 0 Å². The van der Waals surface area contributed by atoms with Crippen molar-refractivity contribution in [1.29, 1.82) is 0 Å². The van der Waals surface area contributed by atoms with Gasteiger partial charge in [0.05, 0.1) is 0 Å². The van der Waals surface area contributed by atoms with Crippen LogP contribution in [-0.4, -0.2) is 36.0 Å². The Kier molecular flexibility index (Phi) is 28.7. The Hall–Kier alpha value is 4.40. The molecule has 0 N–H and O–H groups in total. The molecule has 21 heavy (non-hydrogen) atoms. The minimum absolute atomic E-state index is 0. The quantitative estimate of drug-likeness (QED) is 0.301. The van der Waals surface area contributed by atoms with Gasteiger partial charge in [0.2, 0.25) is 0 Å². The molecular formula is Cl12O4Si5. The van der Waals surface area contributed by atoms with Crippen molar-refractivity contribution in [3.05, 3.63) is 0 Å². The summed E-state index contributed by atoms with van der Waals surface area (Å²) in [5.41, 5.74) is 0. The molecule has 0 atom stereocenters. The maximum Gasteiger partial charge on any atom is 4.00 e. The van der Waals surface area contributed by atoms with E-state index in [9.17, 15) is 19.2 Å². The Morgan fingerprint density at radius 3 is 0.333 bits per heavy atom. The van der Waals surface area contributed by atoms with Crippen LogP contribution in [0, 0.1) is 0 Å². The third kappa shape index (κ3) is 631. The maximum atomic E-state index is 9.54. The summed E-state index contributed by atoms with van der Waals surface area (Å²) >= 11 is 55.7. The Balaban J connectivity index is -0.0000000533. The molecule has 0 spiro atoms. The fourth-order valence-corrected chi connectivity index (χ4v) is 0. The van der Waals surface area contributed by atoms with Crippen LogP contribution >= 0.6 is 133 Å². The van der Waals surface area contributed by atoms with Crippen LogP contribution in [0.4, 0.5) is 0 Å². The van der Waals surface area contributed by atoms with Gasteiger partial charge in [0.1, 0.15) is 0 Å². The van der Waals surface area contributed by atoms with Gasteiger partial charge in [0.15, 0.2) is 0 Å². The summed E-state index contributed by atoms with van der Waals surface area (Å²) in [6, 6.07) is 0. The third-order valence-corrected chi connectivity index (χ3v) is 0. The largest absolute Gasteiger partial charge is 4.00 e. The van der Waals surface area contributed by atoms with E-state index in [1.54, 1.807) is 0 Å². The second-order valence-electron chi connectivity index (χ2n) is 1.78. The first-order valence-corrected chi connectivity index (χ1v) is 22.9. The molecule has 0 rings (SSSR count). The summed E-state index contributed by atoms with van der Waals surface area (Å²) in [5, 5.41) is 0. The molecule has 0 aromatic carbocycles. The van der Waals surface area contributed by atoms with Crippen molar-refractivity contribution in [3.8, 4) is 0 Å². The topological polar surface area (TPSA) is 92.2 Å². The summed E-state index contributed by atoms with van der Waals surface area (Å²) in [5.74, 6) is 0. The molecule has 21 heteroatoms. The van der Waals surface area contributed by atoms with Crippen molar-refractivity contribution in [3.63, 3.8) is 0 Å². The first kappa shape index (κ1) is 36.3. The average molecular weight is 630 g/mol. The Morgan fingerprint density at radius 1 is 0.333 bits per heavy atom. The van der Waals surface area contributed by atoms with Crippen LogP contribution < -0.4 is 19.2 Å². The minimum Gasteiger partial charge on any atom is -0.824 e. The van der Waals surface area contributed by atoms with Crippen LogP contribution in [0.3, 0.4) is 0 Å². The van der Waals surface area contributed by atoms with Crippen LogP contribution in [0.5, 0.6) is 0 Å². The fourth-order valence-electron chi connectivity index (χ4n) is 0. The van der Waals surface area contributed by atoms with Crippen LogP contribution in [0.2, 0.25) is 0 Å². The van der Waals surface area contributed by atoms with Gasteiger partial charge < -0.3 is 19.2 Å². The Labute approximate surface area is 185 Å². The monoisotopic (exact) mass is 623 g/mol. The van der Waals surface area contributed by atoms with Gasteiger partial charge in [-0.25, -0.2) is 0 Å². The van der Waals surface area contributed by atoms with Gasteiger partial charge in [0.25, 0.3) is 25.0 Å². The minimum atomic E-state index is -3.44. The van der Waals surface area contributed by atoms with Crippen LogP contribution in [-0.2, 0) is 0 Å². The van der Waals surface area contributed by atoms with E-state index in [2.05, 4.69) is 133 Å². The zero-order chi connectivity index (χ0) is 18.0. The summed E-state index contributed by atoms with van der Waals surface area (Å²) < 4.78 is 0. The summed E-state index contributed by atoms with van der Waals surface area (Å²) in [6.07, 6.45) is -13.8. The van der Waals surface area contributed by atoms with Gasteiger partial charge in [-0.2, -0.15) is 0 Å². The molecule has 0 saturated heterocycles. The van der Waals surface area contributed by atoms with Crippen molar-refractivity contribution in [2.75, 3.05) is 0 Å². The fraction of sp³-hybridized carbons (Fsp3) is 0. The molecular weight excluding hydrogens is 630 g/mol. The van der Waals surface area contributed by atoms with Crippen molar-refractivity contribution in [2.24, 2.45) is 0 Å². The van der Waals surface area contributed by atoms with Gasteiger partial charge in [0, 0.05) is 0 Å². The molecule has 0 radical (unpaired) electrons. The Morgan fingerprint density at radius 2 is 0.333 bits per heavy atom. The van der Waals surface area contributed by atoms with E-state index in [1.165, 1.54) is 0 Å². The molecule has 0 fully saturated rings. The second kappa shape index (κ2) is 16.6. The van der Waals surface area contributed by atoms with E-state index < -0.39 is 25.0 Å². The third-order valence-electron chi connectivity index (χ3n) is 0. The molecule has 0 unspecified atom stereocenters. The molecule has 0 aliphatic heterocycles. The van der Waals surface area contributed by atoms with E-state index in [0.717, 1.165) is 0 Å². The van der Waals surface area contributed by atoms with Gasteiger partial charge in [-0.05, 0) is 0 Å². The molecule has 4 nitrogen and oxygen atoms in total. The predicted molar refractivity (Wildman–Crippen MR) is 99.0 cm³/mol. The van der Waals surface area contributed by atoms with Crippen LogP contribution in [0.25, 0.3) is 0 Å². The number of halogens is 12. The smallest absolute Gasteiger partial charge is 0.824 e. The molecule has 0 heterocycles. The molecule has 0 aromatic rings. The molecule has 0 bridgehead atoms. The molecule has 0 saturated carbocycles. The zero-order valence-electron chi connectivity index (χ0n) is 8.67. The SMILES string of the molecule is [O-][Si](Cl)(Cl)Cl.[O-][Si](Cl)(Cl)Cl.[O-][Si](Cl)(Cl)Cl.[O-][Si](Cl)(Cl)Cl.[Si+4]. The zero-order valence-corrected chi connectivity index (χ0v) is 22.7. The Bertz CT molecular complexity index is 140. The van der Waals surface area contributed by atoms with E-state index in [1.807, 2.05) is 0 Å². The summed E-state index contributed by atoms with van der Waals surface area (Å²) in [7, 11) is 0. The van der Waals surface area contributed by atoms with Gasteiger partial charge in [-0.15, -0.1) is 133 Å². The van der Waals surface area contributed by atoms with Crippen molar-refractivity contribution in [1.82, 2.24) is 0 Å². The average Bonchev–Trinajstić information content (AvgIpc) is 1.62. The van der Waals surface area contributed by atoms with Crippen molar-refractivity contribution >= 4 is 169 Å². The van der Waals surface area contributed by atoms with Gasteiger partial charge in [-0.3, -0.25) is 0 Å². The van der Waals surface area contributed by atoms with E-state index in [0.29, 0.717) is 0 Å². The first-order valence-electron chi connectivity index (χ1n) is 3.08.